The molecule has 0 aromatic heterocycles. The Kier molecular flexibility index (Phi) is 4.95. The average molecular weight is 326 g/mol. The van der Waals surface area contributed by atoms with Gasteiger partial charge in [-0.05, 0) is 19.1 Å². The third-order valence-corrected chi connectivity index (χ3v) is 5.49. The van der Waals surface area contributed by atoms with Crippen LogP contribution in [0.4, 0.5) is 5.69 Å². The SMILES string of the molecule is COc1ccccc1N1CCN(C(=O)[C@H](C)S(C)(=O)=O)CC1. The summed E-state index contributed by atoms with van der Waals surface area (Å²) in [4.78, 5) is 16.0. The van der Waals surface area contributed by atoms with E-state index in [2.05, 4.69) is 4.90 Å². The summed E-state index contributed by atoms with van der Waals surface area (Å²) in [7, 11) is -1.72. The van der Waals surface area contributed by atoms with Crippen LogP contribution in [-0.2, 0) is 14.6 Å². The molecule has 1 aliphatic heterocycles. The van der Waals surface area contributed by atoms with Gasteiger partial charge >= 0.3 is 0 Å². The monoisotopic (exact) mass is 326 g/mol. The molecule has 1 aliphatic rings. The van der Waals surface area contributed by atoms with E-state index in [1.54, 1.807) is 12.0 Å². The molecule has 1 atom stereocenters. The summed E-state index contributed by atoms with van der Waals surface area (Å²) in [5.74, 6) is 0.481. The topological polar surface area (TPSA) is 66.9 Å². The molecular weight excluding hydrogens is 304 g/mol. The number of ether oxygens (including phenoxy) is 1. The van der Waals surface area contributed by atoms with E-state index in [-0.39, 0.29) is 5.91 Å². The molecule has 2 rings (SSSR count). The molecule has 1 amide bonds. The number of benzene rings is 1. The van der Waals surface area contributed by atoms with E-state index < -0.39 is 15.1 Å². The molecule has 0 aliphatic carbocycles. The van der Waals surface area contributed by atoms with Crippen molar-refractivity contribution < 1.29 is 17.9 Å². The van der Waals surface area contributed by atoms with Crippen molar-refractivity contribution in [3.63, 3.8) is 0 Å². The molecule has 22 heavy (non-hydrogen) atoms. The molecule has 0 saturated carbocycles. The zero-order chi connectivity index (χ0) is 16.3. The summed E-state index contributed by atoms with van der Waals surface area (Å²) in [6.45, 7) is 3.78. The van der Waals surface area contributed by atoms with Gasteiger partial charge in [0.25, 0.3) is 0 Å². The van der Waals surface area contributed by atoms with Crippen molar-refractivity contribution >= 4 is 21.4 Å². The van der Waals surface area contributed by atoms with Crippen molar-refractivity contribution in [2.45, 2.75) is 12.2 Å². The van der Waals surface area contributed by atoms with Gasteiger partial charge in [0.05, 0.1) is 12.8 Å². The molecule has 0 bridgehead atoms. The fourth-order valence-electron chi connectivity index (χ4n) is 2.50. The Balaban J connectivity index is 2.03. The van der Waals surface area contributed by atoms with Crippen LogP contribution in [0.5, 0.6) is 5.75 Å². The molecule has 0 radical (unpaired) electrons. The Labute approximate surface area is 131 Å². The number of rotatable bonds is 4. The van der Waals surface area contributed by atoms with Crippen molar-refractivity contribution in [2.75, 3.05) is 44.4 Å². The first kappa shape index (κ1) is 16.6. The summed E-state index contributed by atoms with van der Waals surface area (Å²) in [6.07, 6.45) is 1.10. The van der Waals surface area contributed by atoms with Crippen LogP contribution in [-0.4, -0.2) is 64.0 Å². The summed E-state index contributed by atoms with van der Waals surface area (Å²) in [5, 5.41) is -0.981. The van der Waals surface area contributed by atoms with Gasteiger partial charge < -0.3 is 14.5 Å². The summed E-state index contributed by atoms with van der Waals surface area (Å²) >= 11 is 0. The lowest BCUT2D eigenvalue weighted by atomic mass is 10.2. The van der Waals surface area contributed by atoms with E-state index in [4.69, 9.17) is 4.74 Å². The van der Waals surface area contributed by atoms with E-state index in [1.165, 1.54) is 6.92 Å². The maximum Gasteiger partial charge on any atom is 0.240 e. The number of methoxy groups -OCH3 is 1. The normalized spacial score (nSPS) is 17.2. The second kappa shape index (κ2) is 6.56. The maximum absolute atomic E-state index is 12.2. The summed E-state index contributed by atoms with van der Waals surface area (Å²) in [5.41, 5.74) is 0.994. The minimum Gasteiger partial charge on any atom is -0.495 e. The van der Waals surface area contributed by atoms with Gasteiger partial charge in [-0.25, -0.2) is 8.42 Å². The fraction of sp³-hybridized carbons (Fsp3) is 0.533. The molecular formula is C15H22N2O4S. The Morgan fingerprint density at radius 2 is 1.77 bits per heavy atom. The van der Waals surface area contributed by atoms with E-state index in [0.29, 0.717) is 26.2 Å². The first-order valence-electron chi connectivity index (χ1n) is 7.20. The fourth-order valence-corrected chi connectivity index (χ4v) is 3.01. The minimum absolute atomic E-state index is 0.317. The van der Waals surface area contributed by atoms with Crippen molar-refractivity contribution in [3.05, 3.63) is 24.3 Å². The van der Waals surface area contributed by atoms with Crippen LogP contribution in [0.2, 0.25) is 0 Å². The van der Waals surface area contributed by atoms with Gasteiger partial charge in [-0.2, -0.15) is 0 Å². The first-order valence-corrected chi connectivity index (χ1v) is 9.15. The Hall–Kier alpha value is -1.76. The second-order valence-electron chi connectivity index (χ2n) is 5.46. The number of hydrogen-bond donors (Lipinski definition) is 0. The molecule has 1 aromatic rings. The zero-order valence-corrected chi connectivity index (χ0v) is 14.0. The molecule has 1 heterocycles. The Morgan fingerprint density at radius 3 is 2.32 bits per heavy atom. The number of para-hydroxylation sites is 2. The third kappa shape index (κ3) is 3.52. The van der Waals surface area contributed by atoms with Gasteiger partial charge in [-0.1, -0.05) is 12.1 Å². The van der Waals surface area contributed by atoms with Gasteiger partial charge in [0.1, 0.15) is 11.0 Å². The van der Waals surface area contributed by atoms with Crippen LogP contribution in [0.25, 0.3) is 0 Å². The molecule has 6 nitrogen and oxygen atoms in total. The van der Waals surface area contributed by atoms with E-state index in [9.17, 15) is 13.2 Å². The minimum atomic E-state index is -3.35. The number of piperazine rings is 1. The Bertz CT molecular complexity index is 637. The number of hydrogen-bond acceptors (Lipinski definition) is 5. The molecule has 7 heteroatoms. The molecule has 1 aromatic carbocycles. The highest BCUT2D eigenvalue weighted by Crippen LogP contribution is 2.28. The van der Waals surface area contributed by atoms with E-state index in [1.807, 2.05) is 24.3 Å². The summed E-state index contributed by atoms with van der Waals surface area (Å²) < 4.78 is 28.4. The van der Waals surface area contributed by atoms with Crippen LogP contribution in [0.3, 0.4) is 0 Å². The lowest BCUT2D eigenvalue weighted by molar-refractivity contribution is -0.130. The molecule has 0 spiro atoms. The molecule has 1 fully saturated rings. The highest BCUT2D eigenvalue weighted by molar-refractivity contribution is 7.92. The quantitative estimate of drug-likeness (QED) is 0.818. The van der Waals surface area contributed by atoms with Crippen molar-refractivity contribution in [3.8, 4) is 5.75 Å². The number of sulfone groups is 1. The smallest absolute Gasteiger partial charge is 0.240 e. The number of amides is 1. The van der Waals surface area contributed by atoms with Crippen LogP contribution in [0.15, 0.2) is 24.3 Å². The van der Waals surface area contributed by atoms with Gasteiger partial charge in [-0.3, -0.25) is 4.79 Å². The van der Waals surface area contributed by atoms with Crippen LogP contribution < -0.4 is 9.64 Å². The summed E-state index contributed by atoms with van der Waals surface area (Å²) in [6, 6.07) is 7.74. The lowest BCUT2D eigenvalue weighted by Gasteiger charge is -2.37. The predicted octanol–water partition coefficient (Wildman–Crippen LogP) is 0.777. The molecule has 122 valence electrons. The number of carbonyl (C=O) groups is 1. The third-order valence-electron chi connectivity index (χ3n) is 4.01. The number of anilines is 1. The van der Waals surface area contributed by atoms with Gasteiger partial charge in [0.15, 0.2) is 9.84 Å². The maximum atomic E-state index is 12.2. The van der Waals surface area contributed by atoms with Crippen molar-refractivity contribution in [1.82, 2.24) is 4.90 Å². The predicted molar refractivity (Wildman–Crippen MR) is 86.1 cm³/mol. The zero-order valence-electron chi connectivity index (χ0n) is 13.2. The first-order chi connectivity index (χ1) is 10.3. The molecule has 0 unspecified atom stereocenters. The Morgan fingerprint density at radius 1 is 1.18 bits per heavy atom. The van der Waals surface area contributed by atoms with E-state index >= 15 is 0 Å². The lowest BCUT2D eigenvalue weighted by Crippen LogP contribution is -2.52. The highest BCUT2D eigenvalue weighted by Gasteiger charge is 2.30. The van der Waals surface area contributed by atoms with Crippen LogP contribution >= 0.6 is 0 Å². The highest BCUT2D eigenvalue weighted by atomic mass is 32.2. The van der Waals surface area contributed by atoms with E-state index in [0.717, 1.165) is 17.7 Å². The molecule has 0 N–H and O–H groups in total. The number of nitrogens with zero attached hydrogens (tertiary/aromatic N) is 2. The van der Waals surface area contributed by atoms with Crippen LogP contribution in [0, 0.1) is 0 Å². The average Bonchev–Trinajstić information content (AvgIpc) is 2.52. The van der Waals surface area contributed by atoms with Gasteiger partial charge in [0, 0.05) is 32.4 Å². The largest absolute Gasteiger partial charge is 0.495 e. The standard InChI is InChI=1S/C15H22N2O4S/c1-12(22(3,19)20)15(18)17-10-8-16(9-11-17)13-6-4-5-7-14(13)21-2/h4-7,12H,8-11H2,1-3H3/t12-/m0/s1. The van der Waals surface area contributed by atoms with Crippen molar-refractivity contribution in [1.29, 1.82) is 0 Å². The molecule has 1 saturated heterocycles. The van der Waals surface area contributed by atoms with Gasteiger partial charge in [0.2, 0.25) is 5.91 Å². The van der Waals surface area contributed by atoms with Crippen molar-refractivity contribution in [2.24, 2.45) is 0 Å². The van der Waals surface area contributed by atoms with Crippen LogP contribution in [0.1, 0.15) is 6.92 Å². The second-order valence-corrected chi connectivity index (χ2v) is 7.82. The van der Waals surface area contributed by atoms with Gasteiger partial charge in [-0.15, -0.1) is 0 Å². The number of carbonyl (C=O) groups excluding carboxylic acids is 1.